The SMILES string of the molecule is Cc1ccc(-c2cnc(-c3ccccc3C(=O)Nc3cc(-n4nnnc4C)ccc3F)o2)cc1. The Morgan fingerprint density at radius 3 is 2.59 bits per heavy atom. The molecule has 3 aromatic carbocycles. The van der Waals surface area contributed by atoms with Gasteiger partial charge in [-0.2, -0.15) is 4.68 Å². The van der Waals surface area contributed by atoms with Crippen molar-refractivity contribution >= 4 is 11.6 Å². The molecule has 0 fully saturated rings. The van der Waals surface area contributed by atoms with Crippen molar-refractivity contribution in [1.29, 1.82) is 0 Å². The molecule has 5 aromatic rings. The fourth-order valence-electron chi connectivity index (χ4n) is 3.52. The molecular formula is C25H19FN6O2. The number of nitrogens with one attached hydrogen (secondary N) is 1. The molecule has 0 spiro atoms. The van der Waals surface area contributed by atoms with Crippen molar-refractivity contribution in [3.63, 3.8) is 0 Å². The van der Waals surface area contributed by atoms with Crippen LogP contribution in [0.2, 0.25) is 0 Å². The van der Waals surface area contributed by atoms with Crippen molar-refractivity contribution in [2.24, 2.45) is 0 Å². The summed E-state index contributed by atoms with van der Waals surface area (Å²) in [6.45, 7) is 3.73. The first kappa shape index (κ1) is 21.2. The van der Waals surface area contributed by atoms with Gasteiger partial charge in [0.15, 0.2) is 11.6 Å². The standard InChI is InChI=1S/C25H19FN6O2/c1-15-7-9-17(10-8-15)23-14-27-25(34-23)20-6-4-3-5-19(20)24(33)28-22-13-18(11-12-21(22)26)32-16(2)29-30-31-32/h3-14H,1-2H3,(H,28,33). The molecule has 0 aliphatic rings. The van der Waals surface area contributed by atoms with Gasteiger partial charge >= 0.3 is 0 Å². The van der Waals surface area contributed by atoms with E-state index in [4.69, 9.17) is 4.42 Å². The van der Waals surface area contributed by atoms with Crippen LogP contribution in [0.1, 0.15) is 21.7 Å². The topological polar surface area (TPSA) is 98.7 Å². The van der Waals surface area contributed by atoms with Gasteiger partial charge in [-0.25, -0.2) is 9.37 Å². The lowest BCUT2D eigenvalue weighted by atomic mass is 10.1. The van der Waals surface area contributed by atoms with E-state index < -0.39 is 11.7 Å². The second-order valence-corrected chi connectivity index (χ2v) is 7.70. The molecule has 2 aromatic heterocycles. The zero-order valence-electron chi connectivity index (χ0n) is 18.4. The number of nitrogens with zero attached hydrogens (tertiary/aromatic N) is 5. The molecule has 0 aliphatic carbocycles. The molecule has 1 N–H and O–H groups in total. The number of rotatable bonds is 5. The van der Waals surface area contributed by atoms with E-state index in [-0.39, 0.29) is 5.69 Å². The fraction of sp³-hybridized carbons (Fsp3) is 0.0800. The maximum absolute atomic E-state index is 14.5. The zero-order valence-corrected chi connectivity index (χ0v) is 18.4. The Kier molecular flexibility index (Phi) is 5.43. The highest BCUT2D eigenvalue weighted by Crippen LogP contribution is 2.29. The van der Waals surface area contributed by atoms with E-state index in [0.717, 1.165) is 11.1 Å². The normalized spacial score (nSPS) is 10.9. The van der Waals surface area contributed by atoms with Crippen molar-refractivity contribution in [3.8, 4) is 28.5 Å². The molecule has 34 heavy (non-hydrogen) atoms. The summed E-state index contributed by atoms with van der Waals surface area (Å²) in [7, 11) is 0. The third-order valence-corrected chi connectivity index (χ3v) is 5.31. The van der Waals surface area contributed by atoms with E-state index in [0.29, 0.717) is 34.3 Å². The molecule has 0 saturated heterocycles. The highest BCUT2D eigenvalue weighted by atomic mass is 19.1. The number of oxazole rings is 1. The first-order valence-electron chi connectivity index (χ1n) is 10.5. The second-order valence-electron chi connectivity index (χ2n) is 7.70. The monoisotopic (exact) mass is 454 g/mol. The van der Waals surface area contributed by atoms with Crippen molar-refractivity contribution in [2.75, 3.05) is 5.32 Å². The van der Waals surface area contributed by atoms with E-state index in [1.54, 1.807) is 37.4 Å². The Labute approximate surface area is 194 Å². The highest BCUT2D eigenvalue weighted by molar-refractivity contribution is 6.08. The number of aromatic nitrogens is 5. The maximum Gasteiger partial charge on any atom is 0.256 e. The number of amides is 1. The molecule has 168 valence electrons. The van der Waals surface area contributed by atoms with Crippen molar-refractivity contribution in [2.45, 2.75) is 13.8 Å². The summed E-state index contributed by atoms with van der Waals surface area (Å²) in [6.07, 6.45) is 1.62. The Morgan fingerprint density at radius 1 is 1.03 bits per heavy atom. The second kappa shape index (κ2) is 8.70. The van der Waals surface area contributed by atoms with Gasteiger partial charge in [0.25, 0.3) is 5.91 Å². The lowest BCUT2D eigenvalue weighted by molar-refractivity contribution is 0.102. The van der Waals surface area contributed by atoms with Crippen LogP contribution >= 0.6 is 0 Å². The van der Waals surface area contributed by atoms with Crippen LogP contribution in [0.4, 0.5) is 10.1 Å². The number of aryl methyl sites for hydroxylation is 2. The van der Waals surface area contributed by atoms with Crippen LogP contribution < -0.4 is 5.32 Å². The average Bonchev–Trinajstić information content (AvgIpc) is 3.50. The van der Waals surface area contributed by atoms with E-state index in [1.165, 1.54) is 22.9 Å². The third kappa shape index (κ3) is 4.06. The first-order valence-corrected chi connectivity index (χ1v) is 10.5. The van der Waals surface area contributed by atoms with E-state index in [1.807, 2.05) is 31.2 Å². The minimum atomic E-state index is -0.585. The predicted molar refractivity (Wildman–Crippen MR) is 124 cm³/mol. The molecule has 1 amide bonds. The summed E-state index contributed by atoms with van der Waals surface area (Å²) in [5.74, 6) is 0.316. The minimum absolute atomic E-state index is 0.0000449. The van der Waals surface area contributed by atoms with Crippen molar-refractivity contribution in [1.82, 2.24) is 25.2 Å². The van der Waals surface area contributed by atoms with Gasteiger partial charge in [0.2, 0.25) is 5.89 Å². The first-order chi connectivity index (χ1) is 16.5. The number of halogens is 1. The van der Waals surface area contributed by atoms with Gasteiger partial charge in [0.05, 0.1) is 23.1 Å². The van der Waals surface area contributed by atoms with E-state index in [9.17, 15) is 9.18 Å². The summed E-state index contributed by atoms with van der Waals surface area (Å²) >= 11 is 0. The Balaban J connectivity index is 1.45. The number of hydrogen-bond acceptors (Lipinski definition) is 6. The Hall–Kier alpha value is -4.66. The molecular weight excluding hydrogens is 435 g/mol. The average molecular weight is 454 g/mol. The van der Waals surface area contributed by atoms with Gasteiger partial charge < -0.3 is 9.73 Å². The lowest BCUT2D eigenvalue weighted by Crippen LogP contribution is -2.15. The summed E-state index contributed by atoms with van der Waals surface area (Å²) < 4.78 is 21.9. The molecule has 0 aliphatic heterocycles. The molecule has 5 rings (SSSR count). The molecule has 2 heterocycles. The van der Waals surface area contributed by atoms with Gasteiger partial charge in [0.1, 0.15) is 5.82 Å². The van der Waals surface area contributed by atoms with Gasteiger partial charge in [-0.1, -0.05) is 42.0 Å². The van der Waals surface area contributed by atoms with Crippen LogP contribution in [-0.2, 0) is 0 Å². The van der Waals surface area contributed by atoms with Gasteiger partial charge in [-0.15, -0.1) is 5.10 Å². The number of carbonyl (C=O) groups is 1. The lowest BCUT2D eigenvalue weighted by Gasteiger charge is -2.11. The molecule has 0 unspecified atom stereocenters. The summed E-state index contributed by atoms with van der Waals surface area (Å²) in [5, 5.41) is 13.9. The number of hydrogen-bond donors (Lipinski definition) is 1. The molecule has 0 radical (unpaired) electrons. The smallest absolute Gasteiger partial charge is 0.256 e. The van der Waals surface area contributed by atoms with Crippen LogP contribution in [0.3, 0.4) is 0 Å². The minimum Gasteiger partial charge on any atom is -0.436 e. The van der Waals surface area contributed by atoms with Gasteiger partial charge in [-0.05, 0) is 54.6 Å². The Morgan fingerprint density at radius 2 is 1.82 bits per heavy atom. The zero-order chi connectivity index (χ0) is 23.7. The van der Waals surface area contributed by atoms with Crippen LogP contribution in [-0.4, -0.2) is 31.1 Å². The van der Waals surface area contributed by atoms with E-state index >= 15 is 0 Å². The summed E-state index contributed by atoms with van der Waals surface area (Å²) in [4.78, 5) is 17.5. The van der Waals surface area contributed by atoms with Gasteiger partial charge in [0, 0.05) is 11.1 Å². The quantitative estimate of drug-likeness (QED) is 0.402. The third-order valence-electron chi connectivity index (χ3n) is 5.31. The summed E-state index contributed by atoms with van der Waals surface area (Å²) in [6, 6.07) is 19.0. The Bertz CT molecular complexity index is 1490. The number of tetrazole rings is 1. The molecule has 0 atom stereocenters. The molecule has 9 heteroatoms. The van der Waals surface area contributed by atoms with E-state index in [2.05, 4.69) is 25.8 Å². The van der Waals surface area contributed by atoms with Crippen molar-refractivity contribution in [3.05, 3.63) is 95.7 Å². The maximum atomic E-state index is 14.5. The number of anilines is 1. The van der Waals surface area contributed by atoms with Crippen LogP contribution in [0.25, 0.3) is 28.5 Å². The fourth-order valence-corrected chi connectivity index (χ4v) is 3.52. The number of benzene rings is 3. The van der Waals surface area contributed by atoms with Crippen molar-refractivity contribution < 1.29 is 13.6 Å². The number of carbonyl (C=O) groups excluding carboxylic acids is 1. The highest BCUT2D eigenvalue weighted by Gasteiger charge is 2.19. The van der Waals surface area contributed by atoms with Crippen LogP contribution in [0.5, 0.6) is 0 Å². The molecule has 8 nitrogen and oxygen atoms in total. The largest absolute Gasteiger partial charge is 0.436 e. The summed E-state index contributed by atoms with van der Waals surface area (Å²) in [5.41, 5.74) is 3.32. The molecule has 0 saturated carbocycles. The van der Waals surface area contributed by atoms with Gasteiger partial charge in [-0.3, -0.25) is 4.79 Å². The van der Waals surface area contributed by atoms with Crippen LogP contribution in [0, 0.1) is 19.7 Å². The van der Waals surface area contributed by atoms with Crippen LogP contribution in [0.15, 0.2) is 77.3 Å². The predicted octanol–water partition coefficient (Wildman–Crippen LogP) is 4.99. The molecule has 0 bridgehead atoms.